The molecule has 0 fully saturated rings. The zero-order valence-corrected chi connectivity index (χ0v) is 39.2. The van der Waals surface area contributed by atoms with Gasteiger partial charge in [-0.1, -0.05) is 0 Å². The SMILES string of the molecule is CCC[CH2][Sn]([CH2]CCC)([CH2]CCC)[CH2]C1=C(C)[C@@H](OCc2ccc(OC)cc2)[C@@H](CC(O)CO)O[C@@H]1CO[Si](c1ccccc1)(c1ccccc1)C(C)(C)C. The second kappa shape index (κ2) is 22.2. The molecule has 4 atom stereocenters. The van der Waals surface area contributed by atoms with Gasteiger partial charge in [-0.15, -0.1) is 0 Å². The fourth-order valence-electron chi connectivity index (χ4n) is 8.80. The van der Waals surface area contributed by atoms with Gasteiger partial charge >= 0.3 is 341 Å². The number of rotatable bonds is 23. The van der Waals surface area contributed by atoms with Crippen LogP contribution in [0.5, 0.6) is 5.75 Å². The normalized spacial score (nSPS) is 18.8. The minimum absolute atomic E-state index is 0.174. The second-order valence-corrected chi connectivity index (χ2v) is 35.1. The Morgan fingerprint density at radius 1 is 0.800 bits per heavy atom. The van der Waals surface area contributed by atoms with E-state index in [1.807, 2.05) is 24.3 Å². The van der Waals surface area contributed by atoms with Crippen LogP contribution < -0.4 is 15.1 Å². The maximum atomic E-state index is 10.9. The Morgan fingerprint density at radius 2 is 1.33 bits per heavy atom. The molecule has 1 aliphatic rings. The molecule has 3 aromatic rings. The van der Waals surface area contributed by atoms with Crippen LogP contribution in [0.2, 0.25) is 22.8 Å². The molecule has 1 aliphatic heterocycles. The van der Waals surface area contributed by atoms with E-state index in [4.69, 9.17) is 18.6 Å². The number of aliphatic hydroxyl groups excluding tert-OH is 2. The van der Waals surface area contributed by atoms with Crippen LogP contribution >= 0.6 is 0 Å². The maximum absolute atomic E-state index is 10.9. The van der Waals surface area contributed by atoms with Crippen LogP contribution in [0.3, 0.4) is 0 Å². The number of aliphatic hydroxyl groups is 2. The van der Waals surface area contributed by atoms with Gasteiger partial charge in [-0.25, -0.2) is 0 Å². The fraction of sp³-hybridized carbons (Fsp3) is 0.574. The average molecular weight is 880 g/mol. The molecule has 304 valence electrons. The van der Waals surface area contributed by atoms with Crippen molar-refractivity contribution in [3.05, 3.63) is 102 Å². The summed E-state index contributed by atoms with van der Waals surface area (Å²) in [5, 5.41) is 23.3. The van der Waals surface area contributed by atoms with Crippen molar-refractivity contribution in [3.63, 3.8) is 0 Å². The molecule has 0 aromatic heterocycles. The van der Waals surface area contributed by atoms with E-state index in [0.717, 1.165) is 15.7 Å². The Balaban J connectivity index is 1.86. The summed E-state index contributed by atoms with van der Waals surface area (Å²) in [5.41, 5.74) is 3.67. The predicted octanol–water partition coefficient (Wildman–Crippen LogP) is 9.83. The van der Waals surface area contributed by atoms with Gasteiger partial charge in [0, 0.05) is 0 Å². The Bertz CT molecular complexity index is 1500. The monoisotopic (exact) mass is 880 g/mol. The van der Waals surface area contributed by atoms with E-state index in [2.05, 4.69) is 109 Å². The summed E-state index contributed by atoms with van der Waals surface area (Å²) >= 11 is -2.79. The minimum atomic E-state index is -2.87. The Labute approximate surface area is 339 Å². The van der Waals surface area contributed by atoms with Gasteiger partial charge in [0.1, 0.15) is 0 Å². The van der Waals surface area contributed by atoms with Crippen molar-refractivity contribution in [2.24, 2.45) is 0 Å². The van der Waals surface area contributed by atoms with E-state index in [1.165, 1.54) is 73.4 Å². The van der Waals surface area contributed by atoms with E-state index in [0.29, 0.717) is 13.2 Å². The van der Waals surface area contributed by atoms with E-state index >= 15 is 0 Å². The molecule has 8 heteroatoms. The van der Waals surface area contributed by atoms with Gasteiger partial charge in [-0.3, -0.25) is 0 Å². The van der Waals surface area contributed by atoms with Crippen molar-refractivity contribution in [2.45, 2.75) is 147 Å². The molecule has 1 heterocycles. The number of ether oxygens (including phenoxy) is 3. The first-order chi connectivity index (χ1) is 26.5. The van der Waals surface area contributed by atoms with Gasteiger partial charge in [0.15, 0.2) is 0 Å². The molecule has 0 bridgehead atoms. The number of unbranched alkanes of at least 4 members (excludes halogenated alkanes) is 3. The molecular weight excluding hydrogens is 807 g/mol. The van der Waals surface area contributed by atoms with Crippen LogP contribution in [0, 0.1) is 0 Å². The van der Waals surface area contributed by atoms with Crippen molar-refractivity contribution >= 4 is 37.1 Å². The van der Waals surface area contributed by atoms with Gasteiger partial charge in [0.25, 0.3) is 0 Å². The van der Waals surface area contributed by atoms with Crippen molar-refractivity contribution in [1.29, 1.82) is 0 Å². The predicted molar refractivity (Wildman–Crippen MR) is 234 cm³/mol. The van der Waals surface area contributed by atoms with Crippen molar-refractivity contribution in [2.75, 3.05) is 20.3 Å². The Hall–Kier alpha value is -1.98. The summed E-state index contributed by atoms with van der Waals surface area (Å²) < 4.78 is 32.5. The fourth-order valence-corrected chi connectivity index (χ4v) is 30.2. The van der Waals surface area contributed by atoms with Gasteiger partial charge < -0.3 is 0 Å². The topological polar surface area (TPSA) is 77.4 Å². The third-order valence-corrected chi connectivity index (χ3v) is 32.3. The summed E-state index contributed by atoms with van der Waals surface area (Å²) in [4.78, 5) is 0. The zero-order valence-electron chi connectivity index (χ0n) is 35.3. The van der Waals surface area contributed by atoms with E-state index in [1.54, 1.807) is 7.11 Å². The van der Waals surface area contributed by atoms with Crippen LogP contribution in [0.15, 0.2) is 96.1 Å². The molecule has 1 unspecified atom stereocenters. The number of methoxy groups -OCH3 is 1. The van der Waals surface area contributed by atoms with Crippen LogP contribution in [0.4, 0.5) is 0 Å². The third kappa shape index (κ3) is 12.0. The van der Waals surface area contributed by atoms with Crippen molar-refractivity contribution in [3.8, 4) is 5.75 Å². The first kappa shape index (κ1) is 45.7. The number of hydrogen-bond donors (Lipinski definition) is 2. The van der Waals surface area contributed by atoms with Crippen LogP contribution in [-0.4, -0.2) is 81.6 Å². The summed E-state index contributed by atoms with van der Waals surface area (Å²) in [5.74, 6) is 0.811. The average Bonchev–Trinajstić information content (AvgIpc) is 3.20. The van der Waals surface area contributed by atoms with Crippen molar-refractivity contribution < 1.29 is 28.8 Å². The summed E-state index contributed by atoms with van der Waals surface area (Å²) in [6.07, 6.45) is 5.84. The molecule has 4 rings (SSSR count). The van der Waals surface area contributed by atoms with Gasteiger partial charge in [0.2, 0.25) is 0 Å². The zero-order chi connectivity index (χ0) is 39.9. The molecule has 6 nitrogen and oxygen atoms in total. The Morgan fingerprint density at radius 3 is 1.78 bits per heavy atom. The summed E-state index contributed by atoms with van der Waals surface area (Å²) in [6.45, 7) is 16.8. The molecule has 0 amide bonds. The molecule has 3 aromatic carbocycles. The first-order valence-corrected chi connectivity index (χ1v) is 31.1. The van der Waals surface area contributed by atoms with E-state index in [9.17, 15) is 10.2 Å². The standard InChI is InChI=1S/C35H45O6Si.3C4H9.Sn/c1-25-26(2)34(39-23-27-17-19-29(38-6)20-18-27)32(21-28(37)22-36)41-33(25)24-40-42(35(3,4)5,30-13-9-7-10-14-30)31-15-11-8-12-16-31;3*1-3-4-2;/h7-20,28,32-34,36-37H,1,21-24H2,2-6H3;3*1,3-4H2,2H3;/t28?,32-,33-,34-;;;;/m1..../s1. The van der Waals surface area contributed by atoms with E-state index < -0.39 is 38.9 Å². The molecule has 0 radical (unpaired) electrons. The first-order valence-electron chi connectivity index (χ1n) is 21.1. The molecular formula is C47H72O6SiSn. The molecule has 0 saturated heterocycles. The van der Waals surface area contributed by atoms with E-state index in [-0.39, 0.29) is 30.3 Å². The van der Waals surface area contributed by atoms with Gasteiger partial charge in [-0.2, -0.15) is 0 Å². The van der Waals surface area contributed by atoms with Crippen LogP contribution in [-0.2, 0) is 20.5 Å². The van der Waals surface area contributed by atoms with Crippen LogP contribution in [0.1, 0.15) is 99.0 Å². The molecule has 0 saturated carbocycles. The molecule has 55 heavy (non-hydrogen) atoms. The molecule has 0 spiro atoms. The van der Waals surface area contributed by atoms with Crippen LogP contribution in [0.25, 0.3) is 0 Å². The third-order valence-electron chi connectivity index (χ3n) is 11.9. The molecule has 2 N–H and O–H groups in total. The second-order valence-electron chi connectivity index (χ2n) is 17.0. The summed E-state index contributed by atoms with van der Waals surface area (Å²) in [7, 11) is -1.19. The molecule has 0 aliphatic carbocycles. The van der Waals surface area contributed by atoms with Gasteiger partial charge in [0.05, 0.1) is 0 Å². The number of benzene rings is 3. The Kier molecular flexibility index (Phi) is 18.5. The van der Waals surface area contributed by atoms with Gasteiger partial charge in [-0.05, 0) is 0 Å². The quantitative estimate of drug-likeness (QED) is 0.0730. The summed E-state index contributed by atoms with van der Waals surface area (Å²) in [6, 6.07) is 29.7. The van der Waals surface area contributed by atoms with Crippen molar-refractivity contribution in [1.82, 2.24) is 0 Å². The number of hydrogen-bond acceptors (Lipinski definition) is 6.